The van der Waals surface area contributed by atoms with Gasteiger partial charge in [0.15, 0.2) is 0 Å². The fourth-order valence-electron chi connectivity index (χ4n) is 3.54. The predicted molar refractivity (Wildman–Crippen MR) is 92.2 cm³/mol. The summed E-state index contributed by atoms with van der Waals surface area (Å²) in [5.41, 5.74) is 0.881. The maximum atomic E-state index is 12.3. The van der Waals surface area contributed by atoms with Gasteiger partial charge in [-0.05, 0) is 37.8 Å². The summed E-state index contributed by atoms with van der Waals surface area (Å²) in [6.07, 6.45) is 5.09. The first-order valence-corrected chi connectivity index (χ1v) is 9.01. The van der Waals surface area contributed by atoms with Crippen LogP contribution in [0.1, 0.15) is 43.9 Å². The Labute approximate surface area is 147 Å². The van der Waals surface area contributed by atoms with E-state index in [2.05, 4.69) is 10.1 Å². The van der Waals surface area contributed by atoms with Gasteiger partial charge < -0.3 is 14.2 Å². The van der Waals surface area contributed by atoms with Crippen LogP contribution in [0.2, 0.25) is 0 Å². The second kappa shape index (κ2) is 6.86. The number of benzene rings is 1. The van der Waals surface area contributed by atoms with Gasteiger partial charge in [0.1, 0.15) is 5.75 Å². The number of ether oxygens (including phenoxy) is 1. The second-order valence-electron chi connectivity index (χ2n) is 6.92. The van der Waals surface area contributed by atoms with Gasteiger partial charge in [0.2, 0.25) is 17.6 Å². The average Bonchev–Trinajstić information content (AvgIpc) is 3.10. The average molecular weight is 341 g/mol. The molecule has 1 aromatic carbocycles. The Kier molecular flexibility index (Phi) is 4.42. The molecule has 0 spiro atoms. The van der Waals surface area contributed by atoms with Crippen molar-refractivity contribution < 1.29 is 14.1 Å². The molecule has 1 aliphatic carbocycles. The van der Waals surface area contributed by atoms with Crippen LogP contribution in [0, 0.1) is 5.92 Å². The van der Waals surface area contributed by atoms with Crippen LogP contribution in [-0.4, -0.2) is 41.1 Å². The maximum absolute atomic E-state index is 12.3. The van der Waals surface area contributed by atoms with Crippen LogP contribution in [0.4, 0.5) is 0 Å². The van der Waals surface area contributed by atoms with Crippen molar-refractivity contribution in [2.45, 2.75) is 38.0 Å². The minimum Gasteiger partial charge on any atom is -0.497 e. The van der Waals surface area contributed by atoms with E-state index in [9.17, 15) is 4.79 Å². The fourth-order valence-corrected chi connectivity index (χ4v) is 3.54. The van der Waals surface area contributed by atoms with E-state index < -0.39 is 0 Å². The number of carbonyl (C=O) groups is 1. The van der Waals surface area contributed by atoms with E-state index in [4.69, 9.17) is 9.26 Å². The topological polar surface area (TPSA) is 68.5 Å². The minimum absolute atomic E-state index is 0.234. The lowest BCUT2D eigenvalue weighted by atomic mass is 9.83. The van der Waals surface area contributed by atoms with E-state index in [0.29, 0.717) is 17.6 Å². The molecule has 25 heavy (non-hydrogen) atoms. The lowest BCUT2D eigenvalue weighted by Crippen LogP contribution is -2.43. The highest BCUT2D eigenvalue weighted by Crippen LogP contribution is 2.33. The van der Waals surface area contributed by atoms with Crippen LogP contribution in [0.3, 0.4) is 0 Å². The Balaban J connectivity index is 1.40. The van der Waals surface area contributed by atoms with Crippen molar-refractivity contribution in [2.75, 3.05) is 20.2 Å². The zero-order valence-electron chi connectivity index (χ0n) is 14.5. The van der Waals surface area contributed by atoms with E-state index >= 15 is 0 Å². The summed E-state index contributed by atoms with van der Waals surface area (Å²) >= 11 is 0. The zero-order chi connectivity index (χ0) is 17.2. The summed E-state index contributed by atoms with van der Waals surface area (Å²) in [7, 11) is 1.64. The lowest BCUT2D eigenvalue weighted by molar-refractivity contribution is -0.139. The molecule has 1 saturated carbocycles. The third-order valence-electron chi connectivity index (χ3n) is 5.38. The smallest absolute Gasteiger partial charge is 0.230 e. The molecule has 0 bridgehead atoms. The molecular formula is C19H23N3O3. The van der Waals surface area contributed by atoms with Crippen molar-refractivity contribution in [1.82, 2.24) is 15.0 Å². The first-order chi connectivity index (χ1) is 12.2. The summed E-state index contributed by atoms with van der Waals surface area (Å²) in [6, 6.07) is 7.64. The fraction of sp³-hybridized carbons (Fsp3) is 0.526. The maximum Gasteiger partial charge on any atom is 0.230 e. The van der Waals surface area contributed by atoms with Gasteiger partial charge in [0, 0.05) is 30.5 Å². The molecule has 6 heteroatoms. The van der Waals surface area contributed by atoms with Crippen molar-refractivity contribution >= 4 is 5.91 Å². The largest absolute Gasteiger partial charge is 0.497 e. The Morgan fingerprint density at radius 2 is 2.04 bits per heavy atom. The molecule has 6 nitrogen and oxygen atoms in total. The van der Waals surface area contributed by atoms with Gasteiger partial charge in [-0.3, -0.25) is 4.79 Å². The van der Waals surface area contributed by atoms with Crippen molar-refractivity contribution in [3.8, 4) is 17.1 Å². The van der Waals surface area contributed by atoms with E-state index in [0.717, 1.165) is 50.1 Å². The molecule has 1 aromatic heterocycles. The van der Waals surface area contributed by atoms with Crippen molar-refractivity contribution in [2.24, 2.45) is 5.92 Å². The van der Waals surface area contributed by atoms with Gasteiger partial charge in [-0.1, -0.05) is 23.7 Å². The number of methoxy groups -OCH3 is 1. The van der Waals surface area contributed by atoms with Crippen LogP contribution in [0.15, 0.2) is 28.8 Å². The van der Waals surface area contributed by atoms with E-state index in [1.807, 2.05) is 29.2 Å². The molecule has 2 aliphatic rings. The van der Waals surface area contributed by atoms with Gasteiger partial charge in [0.05, 0.1) is 7.11 Å². The summed E-state index contributed by atoms with van der Waals surface area (Å²) in [5.74, 6) is 2.88. The van der Waals surface area contributed by atoms with Crippen LogP contribution < -0.4 is 4.74 Å². The SMILES string of the molecule is COc1cccc(-c2noc(C3CCN(C(=O)C4CCC4)CC3)n2)c1. The molecule has 0 radical (unpaired) electrons. The zero-order valence-corrected chi connectivity index (χ0v) is 14.5. The molecule has 0 atom stereocenters. The summed E-state index contributed by atoms with van der Waals surface area (Å²) in [4.78, 5) is 18.9. The molecule has 1 aliphatic heterocycles. The number of rotatable bonds is 4. The third-order valence-corrected chi connectivity index (χ3v) is 5.38. The molecule has 0 N–H and O–H groups in total. The van der Waals surface area contributed by atoms with E-state index in [1.165, 1.54) is 6.42 Å². The number of nitrogens with zero attached hydrogens (tertiary/aromatic N) is 3. The molecule has 1 amide bonds. The number of likely N-dealkylation sites (tertiary alicyclic amines) is 1. The number of hydrogen-bond donors (Lipinski definition) is 0. The van der Waals surface area contributed by atoms with E-state index in [1.54, 1.807) is 7.11 Å². The van der Waals surface area contributed by atoms with Crippen LogP contribution in [0.5, 0.6) is 5.75 Å². The third kappa shape index (κ3) is 3.25. The Morgan fingerprint density at radius 1 is 1.24 bits per heavy atom. The first-order valence-electron chi connectivity index (χ1n) is 9.01. The predicted octanol–water partition coefficient (Wildman–Crippen LogP) is 3.25. The van der Waals surface area contributed by atoms with Gasteiger partial charge in [-0.25, -0.2) is 0 Å². The highest BCUT2D eigenvalue weighted by molar-refractivity contribution is 5.79. The van der Waals surface area contributed by atoms with Crippen molar-refractivity contribution in [3.63, 3.8) is 0 Å². The number of amides is 1. The molecule has 1 saturated heterocycles. The highest BCUT2D eigenvalue weighted by Gasteiger charge is 2.33. The summed E-state index contributed by atoms with van der Waals surface area (Å²) < 4.78 is 10.7. The standard InChI is InChI=1S/C19H23N3O3/c1-24-16-7-3-6-15(12-16)17-20-18(25-21-17)13-8-10-22(11-9-13)19(23)14-4-2-5-14/h3,6-7,12-14H,2,4-5,8-11H2,1H3. The molecule has 2 aromatic rings. The molecule has 4 rings (SSSR count). The van der Waals surface area contributed by atoms with E-state index in [-0.39, 0.29) is 11.8 Å². The second-order valence-corrected chi connectivity index (χ2v) is 6.92. The molecule has 0 unspecified atom stereocenters. The number of aromatic nitrogens is 2. The molecular weight excluding hydrogens is 318 g/mol. The summed E-state index contributed by atoms with van der Waals surface area (Å²) in [6.45, 7) is 1.58. The number of piperidine rings is 1. The van der Waals surface area contributed by atoms with Gasteiger partial charge in [-0.2, -0.15) is 4.98 Å². The van der Waals surface area contributed by atoms with Gasteiger partial charge in [0.25, 0.3) is 0 Å². The van der Waals surface area contributed by atoms with Crippen LogP contribution >= 0.6 is 0 Å². The van der Waals surface area contributed by atoms with Gasteiger partial charge in [-0.15, -0.1) is 0 Å². The number of hydrogen-bond acceptors (Lipinski definition) is 5. The Hall–Kier alpha value is -2.37. The van der Waals surface area contributed by atoms with Crippen molar-refractivity contribution in [1.29, 1.82) is 0 Å². The van der Waals surface area contributed by atoms with Crippen molar-refractivity contribution in [3.05, 3.63) is 30.2 Å². The lowest BCUT2D eigenvalue weighted by Gasteiger charge is -2.35. The van der Waals surface area contributed by atoms with Gasteiger partial charge >= 0.3 is 0 Å². The molecule has 2 heterocycles. The summed E-state index contributed by atoms with van der Waals surface area (Å²) in [5, 5.41) is 4.12. The minimum atomic E-state index is 0.234. The molecule has 132 valence electrons. The van der Waals surface area contributed by atoms with Crippen LogP contribution in [0.25, 0.3) is 11.4 Å². The monoisotopic (exact) mass is 341 g/mol. The Bertz CT molecular complexity index is 746. The Morgan fingerprint density at radius 3 is 2.72 bits per heavy atom. The quantitative estimate of drug-likeness (QED) is 0.854. The first kappa shape index (κ1) is 16.1. The highest BCUT2D eigenvalue weighted by atomic mass is 16.5. The number of carbonyl (C=O) groups excluding carboxylic acids is 1. The molecule has 2 fully saturated rings. The normalized spacial score (nSPS) is 18.8. The van der Waals surface area contributed by atoms with Crippen LogP contribution in [-0.2, 0) is 4.79 Å².